The fraction of sp³-hybridized carbons (Fsp3) is 0.455. The average molecular weight is 202 g/mol. The Morgan fingerprint density at radius 1 is 1.53 bits per heavy atom. The van der Waals surface area contributed by atoms with Crippen LogP contribution in [0, 0.1) is 0 Å². The minimum Gasteiger partial charge on any atom is -0.323 e. The number of hydrogen-bond donors (Lipinski definition) is 1. The largest absolute Gasteiger partial charge is 0.323 e. The minimum atomic E-state index is 0.655. The summed E-state index contributed by atoms with van der Waals surface area (Å²) in [5.74, 6) is 1.13. The van der Waals surface area contributed by atoms with Gasteiger partial charge in [0.15, 0.2) is 0 Å². The van der Waals surface area contributed by atoms with Crippen LogP contribution in [0.5, 0.6) is 0 Å². The van der Waals surface area contributed by atoms with Crippen LogP contribution in [-0.2, 0) is 6.54 Å². The molecule has 1 saturated carbocycles. The molecule has 0 aliphatic heterocycles. The molecule has 0 spiro atoms. The monoisotopic (exact) mass is 202 g/mol. The number of pyridine rings is 1. The Morgan fingerprint density at radius 3 is 3.13 bits per heavy atom. The highest BCUT2D eigenvalue weighted by Gasteiger charge is 2.27. The molecule has 0 radical (unpaired) electrons. The smallest absolute Gasteiger partial charge is 0.124 e. The second-order valence-electron chi connectivity index (χ2n) is 4.02. The molecule has 0 atom stereocenters. The highest BCUT2D eigenvalue weighted by molar-refractivity contribution is 5.75. The van der Waals surface area contributed by atoms with Gasteiger partial charge in [-0.15, -0.1) is 0 Å². The molecule has 4 heteroatoms. The third-order valence-electron chi connectivity index (χ3n) is 2.81. The molecule has 0 unspecified atom stereocenters. The van der Waals surface area contributed by atoms with Crippen molar-refractivity contribution in [2.75, 3.05) is 7.05 Å². The quantitative estimate of drug-likeness (QED) is 0.820. The highest BCUT2D eigenvalue weighted by Crippen LogP contribution is 2.38. The Hall–Kier alpha value is -1.42. The predicted octanol–water partition coefficient (Wildman–Crippen LogP) is 1.49. The zero-order valence-corrected chi connectivity index (χ0v) is 8.77. The Labute approximate surface area is 88.3 Å². The van der Waals surface area contributed by atoms with E-state index < -0.39 is 0 Å². The first-order valence-corrected chi connectivity index (χ1v) is 5.35. The zero-order valence-electron chi connectivity index (χ0n) is 8.77. The molecule has 4 nitrogen and oxygen atoms in total. The van der Waals surface area contributed by atoms with E-state index in [1.54, 1.807) is 6.20 Å². The standard InChI is InChI=1S/C11H14N4/c1-12-7-11-14-9-4-5-13-6-10(9)15(11)8-2-3-8/h4-6,8,12H,2-3,7H2,1H3. The maximum absolute atomic E-state index is 4.62. The molecule has 1 aliphatic carbocycles. The van der Waals surface area contributed by atoms with Gasteiger partial charge in [-0.05, 0) is 26.0 Å². The number of hydrogen-bond acceptors (Lipinski definition) is 3. The highest BCUT2D eigenvalue weighted by atomic mass is 15.2. The lowest BCUT2D eigenvalue weighted by Gasteiger charge is -2.06. The van der Waals surface area contributed by atoms with E-state index in [0.717, 1.165) is 17.9 Å². The third kappa shape index (κ3) is 1.41. The Balaban J connectivity index is 2.19. The van der Waals surface area contributed by atoms with E-state index >= 15 is 0 Å². The first-order chi connectivity index (χ1) is 7.40. The second kappa shape index (κ2) is 3.31. The van der Waals surface area contributed by atoms with Crippen LogP contribution in [0.3, 0.4) is 0 Å². The molecule has 0 aromatic carbocycles. The van der Waals surface area contributed by atoms with E-state index in [2.05, 4.69) is 19.9 Å². The summed E-state index contributed by atoms with van der Waals surface area (Å²) in [5, 5.41) is 3.16. The summed E-state index contributed by atoms with van der Waals surface area (Å²) < 4.78 is 2.33. The summed E-state index contributed by atoms with van der Waals surface area (Å²) in [6, 6.07) is 2.63. The normalized spacial score (nSPS) is 16.1. The predicted molar refractivity (Wildman–Crippen MR) is 58.6 cm³/mol. The van der Waals surface area contributed by atoms with Gasteiger partial charge >= 0.3 is 0 Å². The van der Waals surface area contributed by atoms with Gasteiger partial charge in [-0.2, -0.15) is 0 Å². The lowest BCUT2D eigenvalue weighted by Crippen LogP contribution is -2.11. The van der Waals surface area contributed by atoms with Crippen molar-refractivity contribution in [2.45, 2.75) is 25.4 Å². The van der Waals surface area contributed by atoms with Crippen LogP contribution in [0.4, 0.5) is 0 Å². The van der Waals surface area contributed by atoms with E-state index in [4.69, 9.17) is 0 Å². The number of rotatable bonds is 3. The molecular formula is C11H14N4. The van der Waals surface area contributed by atoms with E-state index in [1.807, 2.05) is 19.3 Å². The van der Waals surface area contributed by atoms with Gasteiger partial charge in [-0.25, -0.2) is 4.98 Å². The van der Waals surface area contributed by atoms with E-state index in [9.17, 15) is 0 Å². The third-order valence-corrected chi connectivity index (χ3v) is 2.81. The molecule has 0 saturated heterocycles. The summed E-state index contributed by atoms with van der Waals surface area (Å²) in [4.78, 5) is 8.80. The first-order valence-electron chi connectivity index (χ1n) is 5.35. The van der Waals surface area contributed by atoms with Crippen LogP contribution < -0.4 is 5.32 Å². The van der Waals surface area contributed by atoms with Gasteiger partial charge in [-0.1, -0.05) is 0 Å². The summed E-state index contributed by atoms with van der Waals surface area (Å²) in [5.41, 5.74) is 2.23. The van der Waals surface area contributed by atoms with Crippen LogP contribution >= 0.6 is 0 Å². The molecule has 78 valence electrons. The SMILES string of the molecule is CNCc1nc2ccncc2n1C1CC1. The fourth-order valence-electron chi connectivity index (χ4n) is 2.01. The summed E-state index contributed by atoms with van der Waals surface area (Å²) in [6.07, 6.45) is 6.27. The van der Waals surface area contributed by atoms with Gasteiger partial charge in [0.05, 0.1) is 23.8 Å². The van der Waals surface area contributed by atoms with Crippen molar-refractivity contribution in [3.05, 3.63) is 24.3 Å². The van der Waals surface area contributed by atoms with Crippen molar-refractivity contribution >= 4 is 11.0 Å². The zero-order chi connectivity index (χ0) is 10.3. The minimum absolute atomic E-state index is 0.655. The number of nitrogens with one attached hydrogen (secondary N) is 1. The maximum atomic E-state index is 4.62. The second-order valence-corrected chi connectivity index (χ2v) is 4.02. The van der Waals surface area contributed by atoms with Crippen molar-refractivity contribution < 1.29 is 0 Å². The van der Waals surface area contributed by atoms with Crippen molar-refractivity contribution in [3.8, 4) is 0 Å². The number of imidazole rings is 1. The first kappa shape index (κ1) is 8.85. The van der Waals surface area contributed by atoms with Crippen molar-refractivity contribution in [1.82, 2.24) is 19.9 Å². The summed E-state index contributed by atoms with van der Waals surface area (Å²) in [7, 11) is 1.95. The Morgan fingerprint density at radius 2 is 2.40 bits per heavy atom. The van der Waals surface area contributed by atoms with Crippen molar-refractivity contribution in [3.63, 3.8) is 0 Å². The molecule has 2 aromatic rings. The van der Waals surface area contributed by atoms with Crippen molar-refractivity contribution in [1.29, 1.82) is 0 Å². The van der Waals surface area contributed by atoms with Gasteiger partial charge in [-0.3, -0.25) is 4.98 Å². The molecule has 3 rings (SSSR count). The molecule has 2 heterocycles. The molecule has 0 amide bonds. The number of aromatic nitrogens is 3. The van der Waals surface area contributed by atoms with Crippen LogP contribution in [0.1, 0.15) is 24.7 Å². The lowest BCUT2D eigenvalue weighted by atomic mass is 10.4. The van der Waals surface area contributed by atoms with E-state index in [1.165, 1.54) is 18.4 Å². The molecular weight excluding hydrogens is 188 g/mol. The number of fused-ring (bicyclic) bond motifs is 1. The molecule has 15 heavy (non-hydrogen) atoms. The van der Waals surface area contributed by atoms with E-state index in [-0.39, 0.29) is 0 Å². The molecule has 1 aliphatic rings. The van der Waals surface area contributed by atoms with E-state index in [0.29, 0.717) is 6.04 Å². The van der Waals surface area contributed by atoms with Gasteiger partial charge < -0.3 is 9.88 Å². The maximum Gasteiger partial charge on any atom is 0.124 e. The van der Waals surface area contributed by atoms with Crippen LogP contribution in [0.2, 0.25) is 0 Å². The molecule has 1 N–H and O–H groups in total. The van der Waals surface area contributed by atoms with Gasteiger partial charge in [0.1, 0.15) is 5.82 Å². The van der Waals surface area contributed by atoms with Crippen LogP contribution in [0.15, 0.2) is 18.5 Å². The fourth-order valence-corrected chi connectivity index (χ4v) is 2.01. The number of nitrogens with zero attached hydrogens (tertiary/aromatic N) is 3. The van der Waals surface area contributed by atoms with Gasteiger partial charge in [0, 0.05) is 12.2 Å². The van der Waals surface area contributed by atoms with Crippen LogP contribution in [-0.4, -0.2) is 21.6 Å². The molecule has 1 fully saturated rings. The average Bonchev–Trinajstić information content (AvgIpc) is 3.01. The van der Waals surface area contributed by atoms with Crippen molar-refractivity contribution in [2.24, 2.45) is 0 Å². The van der Waals surface area contributed by atoms with Gasteiger partial charge in [0.2, 0.25) is 0 Å². The summed E-state index contributed by atoms with van der Waals surface area (Å²) in [6.45, 7) is 0.825. The summed E-state index contributed by atoms with van der Waals surface area (Å²) >= 11 is 0. The Bertz CT molecular complexity index is 484. The Kier molecular flexibility index (Phi) is 1.95. The van der Waals surface area contributed by atoms with Gasteiger partial charge in [0.25, 0.3) is 0 Å². The lowest BCUT2D eigenvalue weighted by molar-refractivity contribution is 0.659. The molecule has 0 bridgehead atoms. The molecule has 2 aromatic heterocycles. The topological polar surface area (TPSA) is 42.7 Å². The van der Waals surface area contributed by atoms with Crippen LogP contribution in [0.25, 0.3) is 11.0 Å².